The number of hydrogen-bond donors (Lipinski definition) is 1. The first-order valence-electron chi connectivity index (χ1n) is 13.3. The van der Waals surface area contributed by atoms with E-state index in [0.29, 0.717) is 5.92 Å². The molecule has 211 valence electrons. The zero-order valence-corrected chi connectivity index (χ0v) is 27.6. The molecule has 40 heavy (non-hydrogen) atoms. The summed E-state index contributed by atoms with van der Waals surface area (Å²) in [5, 5.41) is 13.3. The molecule has 2 heterocycles. The van der Waals surface area contributed by atoms with Gasteiger partial charge >= 0.3 is 0 Å². The quantitative estimate of drug-likeness (QED) is 0.114. The molecule has 0 aliphatic carbocycles. The summed E-state index contributed by atoms with van der Waals surface area (Å²) in [6.07, 6.45) is 3.00. The Kier molecular flexibility index (Phi) is 9.72. The van der Waals surface area contributed by atoms with Crippen LogP contribution in [0.25, 0.3) is 42.3 Å². The van der Waals surface area contributed by atoms with Gasteiger partial charge in [-0.3, -0.25) is 9.78 Å². The Morgan fingerprint density at radius 2 is 1.60 bits per heavy atom. The zero-order valence-electron chi connectivity index (χ0n) is 24.4. The molecule has 0 spiro atoms. The van der Waals surface area contributed by atoms with Gasteiger partial charge < -0.3 is 5.11 Å². The van der Waals surface area contributed by atoms with Crippen molar-refractivity contribution in [3.8, 4) is 11.3 Å². The first-order chi connectivity index (χ1) is 18.3. The summed E-state index contributed by atoms with van der Waals surface area (Å²) in [5.41, 5.74) is 3.55. The first-order valence-corrected chi connectivity index (χ1v) is 14.1. The molecule has 0 saturated carbocycles. The number of nitrogens with zero attached hydrogens (tertiary/aromatic N) is 2. The number of carbonyl (C=O) groups is 1. The topological polar surface area (TPSA) is 63.1 Å². The van der Waals surface area contributed by atoms with Crippen molar-refractivity contribution in [2.24, 2.45) is 10.8 Å². The standard InChI is InChI=1S/C23H17N2S.C11H20O2.Ir/c1-14(2)15-7-9-16(10-8-15)21-23-22(25-13-24-21)19-11-17-5-3-4-6-18(17)12-20(19)26-23;1-10(2,3)8(12)7-9(13)11(4,5)6;/h3-9,11-14H,1-2H3;7,12H,1-6H3;/q-1;;/b;8-7-;. The second-order valence-electron chi connectivity index (χ2n) is 12.3. The summed E-state index contributed by atoms with van der Waals surface area (Å²) in [4.78, 5) is 20.7. The van der Waals surface area contributed by atoms with E-state index in [9.17, 15) is 9.90 Å². The van der Waals surface area contributed by atoms with Crippen LogP contribution < -0.4 is 0 Å². The fourth-order valence-electron chi connectivity index (χ4n) is 3.95. The molecular weight excluding hydrogens is 693 g/mol. The van der Waals surface area contributed by atoms with Crippen LogP contribution in [0.15, 0.2) is 72.8 Å². The molecule has 0 unspecified atom stereocenters. The molecule has 0 atom stereocenters. The van der Waals surface area contributed by atoms with Crippen LogP contribution in [0, 0.1) is 16.9 Å². The Morgan fingerprint density at radius 1 is 0.950 bits per heavy atom. The third kappa shape index (κ3) is 7.04. The fourth-order valence-corrected chi connectivity index (χ4v) is 5.14. The van der Waals surface area contributed by atoms with Gasteiger partial charge in [0.25, 0.3) is 0 Å². The number of aliphatic hydroxyl groups is 1. The minimum Gasteiger partial charge on any atom is -0.512 e. The summed E-state index contributed by atoms with van der Waals surface area (Å²) in [7, 11) is 0. The van der Waals surface area contributed by atoms with E-state index in [-0.39, 0.29) is 37.1 Å². The van der Waals surface area contributed by atoms with Crippen molar-refractivity contribution in [3.63, 3.8) is 0 Å². The molecule has 2 aromatic heterocycles. The largest absolute Gasteiger partial charge is 0.512 e. The third-order valence-corrected chi connectivity index (χ3v) is 7.80. The van der Waals surface area contributed by atoms with Gasteiger partial charge in [0.2, 0.25) is 0 Å². The second-order valence-corrected chi connectivity index (χ2v) is 13.3. The van der Waals surface area contributed by atoms with Crippen LogP contribution in [0.1, 0.15) is 66.9 Å². The molecule has 6 heteroatoms. The average Bonchev–Trinajstić information content (AvgIpc) is 3.24. The average molecular weight is 730 g/mol. The van der Waals surface area contributed by atoms with Crippen molar-refractivity contribution in [2.45, 2.75) is 61.3 Å². The number of ketones is 1. The SMILES string of the molecule is CC(C)(C)C(=O)/C=C(\O)C(C)(C)C.CC(C)c1c[c-]c(-c2ncnc3c2sc2cc4ccccc4cc23)cc1.[Ir]. The number of fused-ring (bicyclic) bond motifs is 4. The van der Waals surface area contributed by atoms with E-state index in [1.54, 1.807) is 17.7 Å². The summed E-state index contributed by atoms with van der Waals surface area (Å²) >= 11 is 1.76. The van der Waals surface area contributed by atoms with Crippen LogP contribution in [-0.4, -0.2) is 20.9 Å². The Hall–Kier alpha value is -2.92. The Morgan fingerprint density at radius 3 is 2.15 bits per heavy atom. The van der Waals surface area contributed by atoms with Gasteiger partial charge in [0, 0.05) is 57.5 Å². The van der Waals surface area contributed by atoms with E-state index < -0.39 is 5.41 Å². The minimum atomic E-state index is -0.417. The van der Waals surface area contributed by atoms with Crippen LogP contribution in [-0.2, 0) is 24.9 Å². The minimum absolute atomic E-state index is 0. The predicted octanol–water partition coefficient (Wildman–Crippen LogP) is 9.68. The van der Waals surface area contributed by atoms with Crippen LogP contribution in [0.3, 0.4) is 0 Å². The second kappa shape index (κ2) is 12.3. The fraction of sp³-hybridized carbons (Fsp3) is 0.324. The van der Waals surface area contributed by atoms with E-state index in [1.165, 1.54) is 32.5 Å². The van der Waals surface area contributed by atoms with Gasteiger partial charge in [-0.25, -0.2) is 4.98 Å². The molecule has 0 saturated heterocycles. The maximum Gasteiger partial charge on any atom is 0.164 e. The van der Waals surface area contributed by atoms with E-state index in [2.05, 4.69) is 84.5 Å². The van der Waals surface area contributed by atoms with Crippen molar-refractivity contribution >= 4 is 48.2 Å². The molecule has 3 aromatic carbocycles. The molecule has 5 aromatic rings. The van der Waals surface area contributed by atoms with Crippen molar-refractivity contribution < 1.29 is 30.0 Å². The van der Waals surface area contributed by atoms with Gasteiger partial charge in [0.15, 0.2) is 5.78 Å². The summed E-state index contributed by atoms with van der Waals surface area (Å²) in [6, 6.07) is 22.8. The normalized spacial score (nSPS) is 12.4. The summed E-state index contributed by atoms with van der Waals surface area (Å²) < 4.78 is 2.38. The number of aliphatic hydroxyl groups excluding tert-OH is 1. The Balaban J connectivity index is 0.000000272. The molecular formula is C34H37IrN2O2S-. The van der Waals surface area contributed by atoms with Gasteiger partial charge in [-0.05, 0) is 22.9 Å². The van der Waals surface area contributed by atoms with Crippen molar-refractivity contribution in [2.75, 3.05) is 0 Å². The van der Waals surface area contributed by atoms with Crippen LogP contribution in [0.2, 0.25) is 0 Å². The first kappa shape index (κ1) is 31.6. The van der Waals surface area contributed by atoms with Gasteiger partial charge in [-0.15, -0.1) is 46.7 Å². The van der Waals surface area contributed by atoms with E-state index in [4.69, 9.17) is 0 Å². The van der Waals surface area contributed by atoms with Crippen LogP contribution in [0.5, 0.6) is 0 Å². The molecule has 1 radical (unpaired) electrons. The molecule has 0 amide bonds. The van der Waals surface area contributed by atoms with Gasteiger partial charge in [-0.1, -0.05) is 85.6 Å². The molecule has 0 bridgehead atoms. The molecule has 4 nitrogen and oxygen atoms in total. The number of allylic oxidation sites excluding steroid dienone is 2. The van der Waals surface area contributed by atoms with E-state index >= 15 is 0 Å². The maximum atomic E-state index is 11.5. The molecule has 0 aliphatic heterocycles. The van der Waals surface area contributed by atoms with Gasteiger partial charge in [-0.2, -0.15) is 0 Å². The predicted molar refractivity (Wildman–Crippen MR) is 165 cm³/mol. The number of thiophene rings is 1. The van der Waals surface area contributed by atoms with Crippen LogP contribution in [0.4, 0.5) is 0 Å². The number of carbonyl (C=O) groups excluding carboxylic acids is 1. The Labute approximate surface area is 254 Å². The van der Waals surface area contributed by atoms with E-state index in [1.807, 2.05) is 41.5 Å². The van der Waals surface area contributed by atoms with Gasteiger partial charge in [0.05, 0.1) is 5.52 Å². The monoisotopic (exact) mass is 730 g/mol. The summed E-state index contributed by atoms with van der Waals surface area (Å²) in [6.45, 7) is 15.5. The van der Waals surface area contributed by atoms with Gasteiger partial charge in [0.1, 0.15) is 12.1 Å². The summed E-state index contributed by atoms with van der Waals surface area (Å²) in [5.74, 6) is 0.606. The number of rotatable bonds is 3. The molecule has 1 N–H and O–H groups in total. The molecule has 5 rings (SSSR count). The van der Waals surface area contributed by atoms with Crippen LogP contribution >= 0.6 is 11.3 Å². The maximum absolute atomic E-state index is 11.5. The smallest absolute Gasteiger partial charge is 0.164 e. The number of benzene rings is 3. The molecule has 0 fully saturated rings. The Bertz CT molecular complexity index is 1670. The molecule has 0 aliphatic rings. The van der Waals surface area contributed by atoms with Crippen molar-refractivity contribution in [3.05, 3.63) is 84.4 Å². The van der Waals surface area contributed by atoms with Crippen molar-refractivity contribution in [1.82, 2.24) is 9.97 Å². The zero-order chi connectivity index (χ0) is 28.5. The number of hydrogen-bond acceptors (Lipinski definition) is 5. The number of aromatic nitrogens is 2. The van der Waals surface area contributed by atoms with Crippen molar-refractivity contribution in [1.29, 1.82) is 0 Å². The van der Waals surface area contributed by atoms with E-state index in [0.717, 1.165) is 21.5 Å². The third-order valence-electron chi connectivity index (χ3n) is 6.65.